The van der Waals surface area contributed by atoms with E-state index in [1.165, 1.54) is 0 Å². The van der Waals surface area contributed by atoms with Crippen LogP contribution in [0.2, 0.25) is 5.02 Å². The molecule has 3 rings (SSSR count). The number of alkyl carbamates (subject to hydrolysis) is 1. The van der Waals surface area contributed by atoms with E-state index in [0.29, 0.717) is 22.7 Å². The summed E-state index contributed by atoms with van der Waals surface area (Å²) in [5.41, 5.74) is 8.45. The molecule has 1 aliphatic carbocycles. The standard InChI is InChI=1S/C31H41ClN4O5/c1-17-11-12-21(15-19(17)3)27(28(38)35-26-18(2)9-8-10-22(26)32)36(24-16-20(24)4)29(39)23(13-14-25(33)37)34-30(40)41-31(5,6)7/h8-12,15,20,23-24,27H,13-14,16H2,1-7H3,(H2,33,37)(H,34,40)(H,35,38). The molecule has 2 aromatic rings. The number of hydrogen-bond acceptors (Lipinski definition) is 5. The van der Waals surface area contributed by atoms with Crippen LogP contribution < -0.4 is 16.4 Å². The van der Waals surface area contributed by atoms with Crippen LogP contribution in [0.3, 0.4) is 0 Å². The van der Waals surface area contributed by atoms with Gasteiger partial charge >= 0.3 is 6.09 Å². The fraction of sp³-hybridized carbons (Fsp3) is 0.484. The molecule has 0 bridgehead atoms. The van der Waals surface area contributed by atoms with Crippen molar-refractivity contribution in [2.24, 2.45) is 11.7 Å². The average molecular weight is 585 g/mol. The Kier molecular flexibility index (Phi) is 10.1. The summed E-state index contributed by atoms with van der Waals surface area (Å²) in [4.78, 5) is 54.5. The summed E-state index contributed by atoms with van der Waals surface area (Å²) in [7, 11) is 0. The van der Waals surface area contributed by atoms with E-state index in [1.54, 1.807) is 37.8 Å². The minimum Gasteiger partial charge on any atom is -0.444 e. The maximum atomic E-state index is 14.3. The van der Waals surface area contributed by atoms with Gasteiger partial charge in [-0.25, -0.2) is 4.79 Å². The molecule has 2 aromatic carbocycles. The van der Waals surface area contributed by atoms with Crippen LogP contribution in [0.5, 0.6) is 0 Å². The third-order valence-electron chi connectivity index (χ3n) is 7.19. The number of benzene rings is 2. The van der Waals surface area contributed by atoms with Gasteiger partial charge < -0.3 is 26.0 Å². The zero-order valence-electron chi connectivity index (χ0n) is 24.8. The number of hydrogen-bond donors (Lipinski definition) is 3. The third kappa shape index (κ3) is 8.45. The van der Waals surface area contributed by atoms with Gasteiger partial charge in [-0.15, -0.1) is 0 Å². The van der Waals surface area contributed by atoms with E-state index >= 15 is 0 Å². The van der Waals surface area contributed by atoms with Crippen LogP contribution in [0, 0.1) is 26.7 Å². The van der Waals surface area contributed by atoms with Gasteiger partial charge in [0, 0.05) is 12.5 Å². The van der Waals surface area contributed by atoms with E-state index in [-0.39, 0.29) is 24.8 Å². The average Bonchev–Trinajstić information content (AvgIpc) is 3.58. The molecule has 1 fully saturated rings. The number of anilines is 1. The number of nitrogens with one attached hydrogen (secondary N) is 2. The molecule has 4 atom stereocenters. The van der Waals surface area contributed by atoms with Crippen molar-refractivity contribution in [1.29, 1.82) is 0 Å². The zero-order valence-corrected chi connectivity index (χ0v) is 25.6. The van der Waals surface area contributed by atoms with Crippen molar-refractivity contribution in [3.8, 4) is 0 Å². The second kappa shape index (κ2) is 12.9. The molecule has 1 saturated carbocycles. The van der Waals surface area contributed by atoms with Crippen LogP contribution in [-0.4, -0.2) is 46.4 Å². The second-order valence-corrected chi connectivity index (χ2v) is 12.3. The Hall–Kier alpha value is -3.59. The number of para-hydroxylation sites is 1. The van der Waals surface area contributed by atoms with Gasteiger partial charge in [-0.05, 0) is 88.6 Å². The van der Waals surface area contributed by atoms with Gasteiger partial charge in [-0.2, -0.15) is 0 Å². The minimum absolute atomic E-state index is 0.0457. The molecule has 4 amide bonds. The van der Waals surface area contributed by atoms with E-state index in [2.05, 4.69) is 10.6 Å². The highest BCUT2D eigenvalue weighted by atomic mass is 35.5. The topological polar surface area (TPSA) is 131 Å². The number of halogens is 1. The molecular weight excluding hydrogens is 544 g/mol. The lowest BCUT2D eigenvalue weighted by molar-refractivity contribution is -0.142. The normalized spacial score (nSPS) is 17.7. The molecule has 0 saturated heterocycles. The molecular formula is C31H41ClN4O5. The summed E-state index contributed by atoms with van der Waals surface area (Å²) in [6.45, 7) is 12.9. The number of carbonyl (C=O) groups excluding carboxylic acids is 4. The molecule has 9 nitrogen and oxygen atoms in total. The molecule has 0 aromatic heterocycles. The van der Waals surface area contributed by atoms with E-state index in [0.717, 1.165) is 16.7 Å². The van der Waals surface area contributed by atoms with Gasteiger partial charge in [0.2, 0.25) is 11.8 Å². The van der Waals surface area contributed by atoms with E-state index < -0.39 is 41.5 Å². The predicted molar refractivity (Wildman–Crippen MR) is 159 cm³/mol. The Bertz CT molecular complexity index is 1300. The van der Waals surface area contributed by atoms with Crippen LogP contribution in [-0.2, 0) is 19.1 Å². The third-order valence-corrected chi connectivity index (χ3v) is 7.51. The molecule has 41 heavy (non-hydrogen) atoms. The molecule has 0 radical (unpaired) electrons. The van der Waals surface area contributed by atoms with E-state index in [1.807, 2.05) is 52.0 Å². The SMILES string of the molecule is Cc1ccc(C(C(=O)Nc2c(C)cccc2Cl)N(C(=O)C(CCC(N)=O)NC(=O)OC(C)(C)C)C2CC2C)cc1C. The van der Waals surface area contributed by atoms with Crippen LogP contribution in [0.25, 0.3) is 0 Å². The number of aryl methyl sites for hydroxylation is 3. The molecule has 4 N–H and O–H groups in total. The van der Waals surface area contributed by atoms with Crippen molar-refractivity contribution < 1.29 is 23.9 Å². The quantitative estimate of drug-likeness (QED) is 0.347. The van der Waals surface area contributed by atoms with Crippen molar-refractivity contribution in [2.45, 2.75) is 91.5 Å². The minimum atomic E-state index is -1.14. The Morgan fingerprint density at radius 2 is 1.73 bits per heavy atom. The zero-order chi connectivity index (χ0) is 30.6. The van der Waals surface area contributed by atoms with Crippen molar-refractivity contribution in [3.63, 3.8) is 0 Å². The first-order valence-corrected chi connectivity index (χ1v) is 14.2. The largest absolute Gasteiger partial charge is 0.444 e. The van der Waals surface area contributed by atoms with Crippen LogP contribution in [0.4, 0.5) is 10.5 Å². The highest BCUT2D eigenvalue weighted by Crippen LogP contribution is 2.42. The Balaban J connectivity index is 2.08. The molecule has 10 heteroatoms. The molecule has 1 aliphatic rings. The van der Waals surface area contributed by atoms with Crippen molar-refractivity contribution in [3.05, 3.63) is 63.7 Å². The van der Waals surface area contributed by atoms with Gasteiger partial charge in [0.05, 0.1) is 10.7 Å². The lowest BCUT2D eigenvalue weighted by atomic mass is 9.97. The molecule has 4 unspecified atom stereocenters. The molecule has 222 valence electrons. The number of nitrogens with zero attached hydrogens (tertiary/aromatic N) is 1. The summed E-state index contributed by atoms with van der Waals surface area (Å²) >= 11 is 6.44. The van der Waals surface area contributed by atoms with Crippen LogP contribution >= 0.6 is 11.6 Å². The Labute approximate surface area is 247 Å². The van der Waals surface area contributed by atoms with Gasteiger partial charge in [0.15, 0.2) is 0 Å². The molecule has 0 aliphatic heterocycles. The number of rotatable bonds is 10. The summed E-state index contributed by atoms with van der Waals surface area (Å²) in [5.74, 6) is -1.43. The first-order valence-electron chi connectivity index (χ1n) is 13.8. The first kappa shape index (κ1) is 31.9. The summed E-state index contributed by atoms with van der Waals surface area (Å²) in [6, 6.07) is 8.51. The predicted octanol–water partition coefficient (Wildman–Crippen LogP) is 5.34. The van der Waals surface area contributed by atoms with E-state index in [4.69, 9.17) is 22.1 Å². The highest BCUT2D eigenvalue weighted by molar-refractivity contribution is 6.34. The molecule has 0 heterocycles. The number of primary amides is 1. The lowest BCUT2D eigenvalue weighted by Gasteiger charge is -2.35. The summed E-state index contributed by atoms with van der Waals surface area (Å²) < 4.78 is 5.40. The fourth-order valence-electron chi connectivity index (χ4n) is 4.70. The van der Waals surface area contributed by atoms with Gasteiger partial charge in [0.1, 0.15) is 17.7 Å². The Morgan fingerprint density at radius 1 is 1.07 bits per heavy atom. The maximum Gasteiger partial charge on any atom is 0.408 e. The van der Waals surface area contributed by atoms with Gasteiger partial charge in [0.25, 0.3) is 5.91 Å². The van der Waals surface area contributed by atoms with Gasteiger partial charge in [-0.3, -0.25) is 14.4 Å². The number of ether oxygens (including phenoxy) is 1. The monoisotopic (exact) mass is 584 g/mol. The summed E-state index contributed by atoms with van der Waals surface area (Å²) in [5, 5.41) is 5.96. The Morgan fingerprint density at radius 3 is 2.27 bits per heavy atom. The second-order valence-electron chi connectivity index (χ2n) is 11.9. The number of carbonyl (C=O) groups is 4. The van der Waals surface area contributed by atoms with Crippen LogP contribution in [0.1, 0.15) is 75.3 Å². The molecule has 0 spiro atoms. The number of nitrogens with two attached hydrogens (primary N) is 1. The van der Waals surface area contributed by atoms with E-state index in [9.17, 15) is 19.2 Å². The first-order chi connectivity index (χ1) is 19.1. The smallest absolute Gasteiger partial charge is 0.408 e. The van der Waals surface area contributed by atoms with Crippen LogP contribution in [0.15, 0.2) is 36.4 Å². The highest BCUT2D eigenvalue weighted by Gasteiger charge is 2.48. The fourth-order valence-corrected chi connectivity index (χ4v) is 4.97. The number of amides is 4. The van der Waals surface area contributed by atoms with Crippen molar-refractivity contribution >= 4 is 41.1 Å². The van der Waals surface area contributed by atoms with Crippen molar-refractivity contribution in [2.75, 3.05) is 5.32 Å². The summed E-state index contributed by atoms with van der Waals surface area (Å²) in [6.07, 6.45) is -0.307. The maximum absolute atomic E-state index is 14.3. The van der Waals surface area contributed by atoms with Crippen molar-refractivity contribution in [1.82, 2.24) is 10.2 Å². The van der Waals surface area contributed by atoms with Gasteiger partial charge in [-0.1, -0.05) is 48.9 Å². The lowest BCUT2D eigenvalue weighted by Crippen LogP contribution is -2.53.